The lowest BCUT2D eigenvalue weighted by molar-refractivity contribution is 0.934. The van der Waals surface area contributed by atoms with Gasteiger partial charge in [0.05, 0.1) is 0 Å². The molecule has 0 saturated heterocycles. The van der Waals surface area contributed by atoms with Gasteiger partial charge in [0.15, 0.2) is 0 Å². The van der Waals surface area contributed by atoms with E-state index >= 15 is 0 Å². The van der Waals surface area contributed by atoms with Crippen LogP contribution in [0.25, 0.3) is 0 Å². The Labute approximate surface area is 72.1 Å². The van der Waals surface area contributed by atoms with E-state index in [1.54, 1.807) is 0 Å². The van der Waals surface area contributed by atoms with E-state index in [0.717, 1.165) is 12.2 Å². The molecule has 0 bridgehead atoms. The van der Waals surface area contributed by atoms with Crippen molar-refractivity contribution in [3.05, 3.63) is 35.9 Å². The minimum atomic E-state index is 1.05. The highest BCUT2D eigenvalue weighted by molar-refractivity contribution is 7.97. The minimum absolute atomic E-state index is 1.05. The second-order valence-corrected chi connectivity index (χ2v) is 3.20. The van der Waals surface area contributed by atoms with Gasteiger partial charge in [-0.15, -0.1) is 0 Å². The molecular formula is C9H13NS. The maximum absolute atomic E-state index is 5.31. The van der Waals surface area contributed by atoms with Crippen LogP contribution >= 0.6 is 11.9 Å². The summed E-state index contributed by atoms with van der Waals surface area (Å²) in [7, 11) is 0. The van der Waals surface area contributed by atoms with Crippen molar-refractivity contribution < 1.29 is 0 Å². The van der Waals surface area contributed by atoms with E-state index in [1.165, 1.54) is 23.9 Å². The predicted molar refractivity (Wildman–Crippen MR) is 51.4 cm³/mol. The number of benzene rings is 1. The molecule has 2 heteroatoms. The zero-order valence-electron chi connectivity index (χ0n) is 6.49. The van der Waals surface area contributed by atoms with E-state index in [4.69, 9.17) is 5.14 Å². The normalized spacial score (nSPS) is 9.91. The van der Waals surface area contributed by atoms with Crippen LogP contribution in [-0.4, -0.2) is 5.75 Å². The van der Waals surface area contributed by atoms with E-state index in [2.05, 4.69) is 24.3 Å². The first-order chi connectivity index (χ1) is 5.43. The summed E-state index contributed by atoms with van der Waals surface area (Å²) in [6.07, 6.45) is 2.32. The summed E-state index contributed by atoms with van der Waals surface area (Å²) in [5, 5.41) is 5.31. The molecule has 1 rings (SSSR count). The lowest BCUT2D eigenvalue weighted by Crippen LogP contribution is -1.89. The van der Waals surface area contributed by atoms with Gasteiger partial charge in [-0.3, -0.25) is 5.14 Å². The van der Waals surface area contributed by atoms with Crippen LogP contribution in [0.2, 0.25) is 0 Å². The fourth-order valence-electron chi connectivity index (χ4n) is 1.00. The third-order valence-electron chi connectivity index (χ3n) is 1.57. The highest BCUT2D eigenvalue weighted by Gasteiger charge is 1.89. The van der Waals surface area contributed by atoms with Crippen molar-refractivity contribution >= 4 is 11.9 Å². The molecule has 2 N–H and O–H groups in total. The molecule has 0 unspecified atom stereocenters. The van der Waals surface area contributed by atoms with E-state index in [9.17, 15) is 0 Å². The Balaban J connectivity index is 2.28. The lowest BCUT2D eigenvalue weighted by Gasteiger charge is -1.97. The van der Waals surface area contributed by atoms with Gasteiger partial charge in [0.25, 0.3) is 0 Å². The van der Waals surface area contributed by atoms with Crippen molar-refractivity contribution in [1.82, 2.24) is 0 Å². The lowest BCUT2D eigenvalue weighted by atomic mass is 10.1. The summed E-state index contributed by atoms with van der Waals surface area (Å²) < 4.78 is 0. The molecule has 0 aliphatic rings. The maximum Gasteiger partial charge on any atom is 0.00796 e. The van der Waals surface area contributed by atoms with Crippen molar-refractivity contribution in [2.75, 3.05) is 5.75 Å². The average molecular weight is 167 g/mol. The van der Waals surface area contributed by atoms with Crippen molar-refractivity contribution in [1.29, 1.82) is 0 Å². The molecule has 11 heavy (non-hydrogen) atoms. The maximum atomic E-state index is 5.31. The van der Waals surface area contributed by atoms with Gasteiger partial charge in [0.2, 0.25) is 0 Å². The molecule has 1 aromatic carbocycles. The molecule has 0 heterocycles. The highest BCUT2D eigenvalue weighted by atomic mass is 32.2. The fraction of sp³-hybridized carbons (Fsp3) is 0.333. The van der Waals surface area contributed by atoms with Crippen molar-refractivity contribution in [2.45, 2.75) is 12.8 Å². The predicted octanol–water partition coefficient (Wildman–Crippen LogP) is 2.23. The first kappa shape index (κ1) is 8.62. The summed E-state index contributed by atoms with van der Waals surface area (Å²) in [6, 6.07) is 10.5. The van der Waals surface area contributed by atoms with E-state index in [0.29, 0.717) is 0 Å². The largest absolute Gasteiger partial charge is 0.278 e. The van der Waals surface area contributed by atoms with Gasteiger partial charge in [-0.25, -0.2) is 0 Å². The first-order valence-electron chi connectivity index (χ1n) is 3.79. The SMILES string of the molecule is NSCCCc1ccccc1. The quantitative estimate of drug-likeness (QED) is 0.549. The van der Waals surface area contributed by atoms with E-state index < -0.39 is 0 Å². The Hall–Kier alpha value is -0.470. The molecular weight excluding hydrogens is 154 g/mol. The first-order valence-corrected chi connectivity index (χ1v) is 4.84. The zero-order valence-corrected chi connectivity index (χ0v) is 7.31. The summed E-state index contributed by atoms with van der Waals surface area (Å²) >= 11 is 1.42. The van der Waals surface area contributed by atoms with Crippen LogP contribution in [0.5, 0.6) is 0 Å². The minimum Gasteiger partial charge on any atom is -0.278 e. The monoisotopic (exact) mass is 167 g/mol. The van der Waals surface area contributed by atoms with Gasteiger partial charge in [0.1, 0.15) is 0 Å². The zero-order chi connectivity index (χ0) is 7.94. The van der Waals surface area contributed by atoms with Crippen LogP contribution < -0.4 is 5.14 Å². The number of aryl methyl sites for hydroxylation is 1. The van der Waals surface area contributed by atoms with Crippen molar-refractivity contribution in [3.63, 3.8) is 0 Å². The van der Waals surface area contributed by atoms with E-state index in [1.807, 2.05) is 6.07 Å². The van der Waals surface area contributed by atoms with Crippen LogP contribution in [0.4, 0.5) is 0 Å². The number of nitrogens with two attached hydrogens (primary N) is 1. The standard InChI is InChI=1S/C9H13NS/c10-11-8-4-7-9-5-2-1-3-6-9/h1-3,5-6H,4,7-8,10H2. The third-order valence-corrected chi connectivity index (χ3v) is 2.09. The second-order valence-electron chi connectivity index (χ2n) is 2.46. The number of hydrogen-bond acceptors (Lipinski definition) is 2. The highest BCUT2D eigenvalue weighted by Crippen LogP contribution is 2.03. The molecule has 0 aliphatic heterocycles. The molecule has 1 aromatic rings. The van der Waals surface area contributed by atoms with Crippen LogP contribution in [-0.2, 0) is 6.42 Å². The summed E-state index contributed by atoms with van der Waals surface area (Å²) in [5.74, 6) is 1.05. The smallest absolute Gasteiger partial charge is 0.00796 e. The Morgan fingerprint density at radius 1 is 1.18 bits per heavy atom. The van der Waals surface area contributed by atoms with Crippen molar-refractivity contribution in [3.8, 4) is 0 Å². The Kier molecular flexibility index (Phi) is 4.09. The Bertz CT molecular complexity index is 186. The molecule has 60 valence electrons. The Morgan fingerprint density at radius 2 is 1.91 bits per heavy atom. The topological polar surface area (TPSA) is 26.0 Å². The molecule has 0 fully saturated rings. The molecule has 0 spiro atoms. The van der Waals surface area contributed by atoms with Gasteiger partial charge in [-0.1, -0.05) is 42.3 Å². The van der Waals surface area contributed by atoms with Crippen LogP contribution in [0.3, 0.4) is 0 Å². The van der Waals surface area contributed by atoms with Gasteiger partial charge in [-0.05, 0) is 18.4 Å². The number of hydrogen-bond donors (Lipinski definition) is 1. The molecule has 0 saturated carbocycles. The molecule has 0 amide bonds. The molecule has 0 radical (unpaired) electrons. The van der Waals surface area contributed by atoms with Crippen LogP contribution in [0.15, 0.2) is 30.3 Å². The summed E-state index contributed by atoms with van der Waals surface area (Å²) in [5.41, 5.74) is 1.40. The third kappa shape index (κ3) is 3.44. The fourth-order valence-corrected chi connectivity index (χ4v) is 1.32. The van der Waals surface area contributed by atoms with Gasteiger partial charge in [-0.2, -0.15) is 0 Å². The second kappa shape index (κ2) is 5.22. The van der Waals surface area contributed by atoms with Gasteiger partial charge < -0.3 is 0 Å². The van der Waals surface area contributed by atoms with Crippen LogP contribution in [0, 0.1) is 0 Å². The van der Waals surface area contributed by atoms with Gasteiger partial charge in [0, 0.05) is 5.75 Å². The van der Waals surface area contributed by atoms with Crippen LogP contribution in [0.1, 0.15) is 12.0 Å². The molecule has 0 aliphatic carbocycles. The Morgan fingerprint density at radius 3 is 2.55 bits per heavy atom. The number of rotatable bonds is 4. The summed E-state index contributed by atoms with van der Waals surface area (Å²) in [4.78, 5) is 0. The summed E-state index contributed by atoms with van der Waals surface area (Å²) in [6.45, 7) is 0. The van der Waals surface area contributed by atoms with Crippen molar-refractivity contribution in [2.24, 2.45) is 5.14 Å². The average Bonchev–Trinajstić information content (AvgIpc) is 2.07. The molecule has 0 aromatic heterocycles. The molecule has 1 nitrogen and oxygen atoms in total. The van der Waals surface area contributed by atoms with E-state index in [-0.39, 0.29) is 0 Å². The van der Waals surface area contributed by atoms with Gasteiger partial charge >= 0.3 is 0 Å². The molecule has 0 atom stereocenters.